The molecule has 282 valence electrons. The number of nitrogens with one attached hydrogen (secondary N) is 1. The van der Waals surface area contributed by atoms with Gasteiger partial charge in [0.1, 0.15) is 41.7 Å². The van der Waals surface area contributed by atoms with Crippen molar-refractivity contribution in [3.63, 3.8) is 0 Å². The summed E-state index contributed by atoms with van der Waals surface area (Å²) in [5.41, 5.74) is -0.915. The van der Waals surface area contributed by atoms with Crippen LogP contribution >= 0.6 is 7.87 Å². The zero-order chi connectivity index (χ0) is 38.3. The molecule has 5 rings (SSSR count). The third-order valence-corrected chi connectivity index (χ3v) is 12.4. The summed E-state index contributed by atoms with van der Waals surface area (Å²) in [6.07, 6.45) is -1.99. The van der Waals surface area contributed by atoms with Gasteiger partial charge in [-0.05, 0) is 68.7 Å². The van der Waals surface area contributed by atoms with Crippen LogP contribution < -0.4 is 20.7 Å². The minimum Gasteiger partial charge on any atom is -0.497 e. The topological polar surface area (TPSA) is 148 Å². The Hall–Kier alpha value is -4.41. The SMILES string of the molecule is COc1ccc(C(OCC2OC(n3cc(F)c(=O)[nH]c3=O)CC2O[P+](O)(CCC#N)N(C(C)C)C(C)C)(c2ccccc2)c2ccc(OC)cc2)cc1. The molecule has 2 N–H and O–H groups in total. The van der Waals surface area contributed by atoms with Gasteiger partial charge in [-0.2, -0.15) is 14.2 Å². The molecule has 14 heteroatoms. The third kappa shape index (κ3) is 8.54. The maximum atomic E-state index is 14.6. The molecule has 53 heavy (non-hydrogen) atoms. The smallest absolute Gasteiger partial charge is 0.347 e. The fourth-order valence-corrected chi connectivity index (χ4v) is 9.98. The molecule has 0 radical (unpaired) electrons. The number of rotatable bonds is 16. The summed E-state index contributed by atoms with van der Waals surface area (Å²) in [6, 6.07) is 26.5. The van der Waals surface area contributed by atoms with Crippen molar-refractivity contribution >= 4 is 7.87 Å². The Morgan fingerprint density at radius 3 is 2.02 bits per heavy atom. The van der Waals surface area contributed by atoms with Gasteiger partial charge in [0.05, 0.1) is 39.5 Å². The maximum Gasteiger partial charge on any atom is 0.347 e. The molecule has 0 spiro atoms. The summed E-state index contributed by atoms with van der Waals surface area (Å²) in [5, 5.41) is 9.56. The van der Waals surface area contributed by atoms with Crippen LogP contribution in [0.1, 0.15) is 63.5 Å². The van der Waals surface area contributed by atoms with Gasteiger partial charge in [-0.25, -0.2) is 9.69 Å². The van der Waals surface area contributed by atoms with Gasteiger partial charge in [0.15, 0.2) is 0 Å². The number of H-pyrrole nitrogens is 1. The molecule has 0 aliphatic carbocycles. The molecule has 1 fully saturated rings. The monoisotopic (exact) mass is 749 g/mol. The molecule has 1 aliphatic heterocycles. The lowest BCUT2D eigenvalue weighted by Gasteiger charge is -2.38. The molecule has 0 bridgehead atoms. The molecule has 1 aliphatic rings. The number of nitrogens with zero attached hydrogens (tertiary/aromatic N) is 3. The number of aromatic amines is 1. The van der Waals surface area contributed by atoms with Gasteiger partial charge in [0.2, 0.25) is 5.82 Å². The van der Waals surface area contributed by atoms with Crippen LogP contribution in [0.5, 0.6) is 11.5 Å². The zero-order valence-electron chi connectivity index (χ0n) is 30.8. The first-order valence-electron chi connectivity index (χ1n) is 17.5. The Morgan fingerprint density at radius 2 is 1.51 bits per heavy atom. The second-order valence-corrected chi connectivity index (χ2v) is 15.8. The number of ether oxygens (including phenoxy) is 4. The summed E-state index contributed by atoms with van der Waals surface area (Å²) >= 11 is 0. The lowest BCUT2D eigenvalue weighted by molar-refractivity contribution is -0.0930. The summed E-state index contributed by atoms with van der Waals surface area (Å²) in [4.78, 5) is 39.2. The molecule has 0 amide bonds. The van der Waals surface area contributed by atoms with E-state index in [-0.39, 0.29) is 37.7 Å². The molecule has 1 aromatic heterocycles. The summed E-state index contributed by atoms with van der Waals surface area (Å²) in [7, 11) is -0.290. The Labute approximate surface area is 309 Å². The number of aromatic nitrogens is 2. The lowest BCUT2D eigenvalue weighted by Crippen LogP contribution is -2.42. The van der Waals surface area contributed by atoms with Crippen molar-refractivity contribution in [2.75, 3.05) is 27.0 Å². The minimum atomic E-state index is -3.47. The second kappa shape index (κ2) is 17.2. The second-order valence-electron chi connectivity index (χ2n) is 13.3. The fourth-order valence-electron chi connectivity index (χ4n) is 7.04. The van der Waals surface area contributed by atoms with Crippen molar-refractivity contribution in [2.45, 2.75) is 76.7 Å². The Bertz CT molecular complexity index is 1910. The number of hydrogen-bond acceptors (Lipinski definition) is 10. The molecule has 3 aromatic carbocycles. The van der Waals surface area contributed by atoms with E-state index in [1.807, 2.05) is 116 Å². The first-order chi connectivity index (χ1) is 25.4. The summed E-state index contributed by atoms with van der Waals surface area (Å²) in [6.45, 7) is 7.63. The van der Waals surface area contributed by atoms with E-state index in [2.05, 4.69) is 6.07 Å². The molecule has 12 nitrogen and oxygen atoms in total. The number of hydrogen-bond donors (Lipinski definition) is 2. The van der Waals surface area contributed by atoms with Crippen LogP contribution in [0.4, 0.5) is 4.39 Å². The van der Waals surface area contributed by atoms with E-state index in [0.29, 0.717) is 11.5 Å². The zero-order valence-corrected chi connectivity index (χ0v) is 31.7. The predicted molar refractivity (Wildman–Crippen MR) is 199 cm³/mol. The van der Waals surface area contributed by atoms with Crippen LogP contribution in [-0.4, -0.2) is 70.4 Å². The molecular formula is C39H47FN4O8P+. The normalized spacial score (nSPS) is 18.6. The van der Waals surface area contributed by atoms with Crippen LogP contribution in [0.3, 0.4) is 0 Å². The minimum absolute atomic E-state index is 0.00171. The summed E-state index contributed by atoms with van der Waals surface area (Å²) in [5.74, 6) is 0.149. The van der Waals surface area contributed by atoms with Gasteiger partial charge in [-0.15, -0.1) is 4.67 Å². The van der Waals surface area contributed by atoms with Crippen molar-refractivity contribution in [3.05, 3.63) is 128 Å². The van der Waals surface area contributed by atoms with Crippen LogP contribution in [0.25, 0.3) is 0 Å². The van der Waals surface area contributed by atoms with Gasteiger partial charge >= 0.3 is 13.6 Å². The largest absolute Gasteiger partial charge is 0.497 e. The highest BCUT2D eigenvalue weighted by Gasteiger charge is 2.54. The number of benzene rings is 3. The van der Waals surface area contributed by atoms with Gasteiger partial charge in [-0.1, -0.05) is 54.6 Å². The van der Waals surface area contributed by atoms with Crippen molar-refractivity contribution in [3.8, 4) is 17.6 Å². The highest BCUT2D eigenvalue weighted by molar-refractivity contribution is 7.63. The number of methoxy groups -OCH3 is 2. The van der Waals surface area contributed by atoms with Crippen LogP contribution in [0.15, 0.2) is 94.6 Å². The van der Waals surface area contributed by atoms with Crippen molar-refractivity contribution in [1.82, 2.24) is 14.2 Å². The maximum absolute atomic E-state index is 14.6. The quantitative estimate of drug-likeness (QED) is 0.101. The van der Waals surface area contributed by atoms with E-state index in [1.54, 1.807) is 14.2 Å². The Morgan fingerprint density at radius 1 is 0.962 bits per heavy atom. The van der Waals surface area contributed by atoms with Gasteiger partial charge in [-0.3, -0.25) is 14.3 Å². The molecule has 4 aromatic rings. The first-order valence-corrected chi connectivity index (χ1v) is 19.3. The van der Waals surface area contributed by atoms with Gasteiger partial charge in [0.25, 0.3) is 5.56 Å². The average molecular weight is 750 g/mol. The average Bonchev–Trinajstić information content (AvgIpc) is 3.54. The van der Waals surface area contributed by atoms with E-state index < -0.39 is 49.0 Å². The molecule has 2 heterocycles. The van der Waals surface area contributed by atoms with Crippen LogP contribution in [0, 0.1) is 17.1 Å². The van der Waals surface area contributed by atoms with E-state index in [0.717, 1.165) is 27.5 Å². The Kier molecular flexibility index (Phi) is 12.9. The lowest BCUT2D eigenvalue weighted by atomic mass is 9.80. The number of halogens is 1. The summed E-state index contributed by atoms with van der Waals surface area (Å²) < 4.78 is 48.7. The van der Waals surface area contributed by atoms with E-state index in [9.17, 15) is 24.1 Å². The van der Waals surface area contributed by atoms with Gasteiger partial charge < -0.3 is 18.9 Å². The fraction of sp³-hybridized carbons (Fsp3) is 0.410. The van der Waals surface area contributed by atoms with E-state index in [1.165, 1.54) is 0 Å². The van der Waals surface area contributed by atoms with Crippen molar-refractivity contribution < 1.29 is 32.8 Å². The van der Waals surface area contributed by atoms with Crippen LogP contribution in [-0.2, 0) is 19.6 Å². The van der Waals surface area contributed by atoms with Crippen molar-refractivity contribution in [1.29, 1.82) is 5.26 Å². The van der Waals surface area contributed by atoms with E-state index >= 15 is 0 Å². The van der Waals surface area contributed by atoms with Gasteiger partial charge in [0, 0.05) is 18.5 Å². The highest BCUT2D eigenvalue weighted by Crippen LogP contribution is 2.63. The molecule has 1 saturated heterocycles. The molecule has 4 unspecified atom stereocenters. The standard InChI is InChI=1S/C39H46FN4O8P/c1-26(2)44(27(3)4)53(47,22-10-21-41)52-34-23-36(43-24-33(40)37(45)42-38(43)46)51-35(34)25-50-39(28-11-8-7-9-12-28,29-13-17-31(48-5)18-14-29)30-15-19-32(49-6)20-16-30/h7-9,11-20,24,26-27,34-36,47H,10,22-23,25H2,1-6H3/p+1. The molecular weight excluding hydrogens is 702 g/mol. The molecule has 4 atom stereocenters. The van der Waals surface area contributed by atoms with Crippen LogP contribution in [0.2, 0.25) is 0 Å². The Balaban J connectivity index is 1.63. The highest BCUT2D eigenvalue weighted by atomic mass is 31.2. The predicted octanol–water partition coefficient (Wildman–Crippen LogP) is 6.16. The molecule has 0 saturated carbocycles. The van der Waals surface area contributed by atoms with E-state index in [4.69, 9.17) is 23.5 Å². The van der Waals surface area contributed by atoms with Crippen molar-refractivity contribution in [2.24, 2.45) is 0 Å². The third-order valence-electron chi connectivity index (χ3n) is 9.29. The number of nitriles is 1. The first kappa shape index (κ1) is 39.8.